The van der Waals surface area contributed by atoms with E-state index >= 15 is 0 Å². The second kappa shape index (κ2) is 2.68. The molecule has 55 valence electrons. The van der Waals surface area contributed by atoms with Crippen molar-refractivity contribution in [2.24, 2.45) is 11.7 Å². The number of piperidine rings is 1. The van der Waals surface area contributed by atoms with E-state index in [0.29, 0.717) is 13.0 Å². The van der Waals surface area contributed by atoms with E-state index in [2.05, 4.69) is 5.32 Å². The highest BCUT2D eigenvalue weighted by atomic mass is 16.2. The van der Waals surface area contributed by atoms with Gasteiger partial charge in [-0.1, -0.05) is 0 Å². The zero-order valence-electron chi connectivity index (χ0n) is 5.54. The molecule has 1 saturated heterocycles. The van der Waals surface area contributed by atoms with Crippen molar-refractivity contribution in [1.82, 2.24) is 5.32 Å². The third kappa shape index (κ3) is 1.26. The maximum atomic E-state index is 10.8. The Labute approximate surface area is 58.8 Å². The van der Waals surface area contributed by atoms with E-state index < -0.39 is 11.8 Å². The second-order valence-corrected chi connectivity index (χ2v) is 2.32. The summed E-state index contributed by atoms with van der Waals surface area (Å²) in [5.74, 6) is -1.54. The van der Waals surface area contributed by atoms with Gasteiger partial charge in [-0.15, -0.1) is 0 Å². The normalized spacial score (nSPS) is 25.6. The molecular formula is C6H9N2O2. The molecule has 10 heavy (non-hydrogen) atoms. The number of rotatable bonds is 1. The van der Waals surface area contributed by atoms with E-state index in [1.807, 2.05) is 0 Å². The first-order valence-corrected chi connectivity index (χ1v) is 3.22. The predicted octanol–water partition coefficient (Wildman–Crippen LogP) is -0.987. The molecule has 0 saturated carbocycles. The molecule has 0 spiro atoms. The topological polar surface area (TPSA) is 74.3 Å². The fourth-order valence-electron chi connectivity index (χ4n) is 0.982. The molecule has 0 bridgehead atoms. The molecule has 1 radical (unpaired) electrons. The van der Waals surface area contributed by atoms with Gasteiger partial charge >= 0.3 is 0 Å². The molecule has 2 amide bonds. The van der Waals surface area contributed by atoms with Gasteiger partial charge in [-0.05, 0) is 12.8 Å². The smallest absolute Gasteiger partial charge is 0.253 e. The number of hydrogen-bond donors (Lipinski definition) is 1. The molecule has 4 nitrogen and oxygen atoms in total. The van der Waals surface area contributed by atoms with Crippen LogP contribution in [0.5, 0.6) is 0 Å². The Morgan fingerprint density at radius 2 is 2.40 bits per heavy atom. The van der Waals surface area contributed by atoms with Crippen molar-refractivity contribution in [1.29, 1.82) is 0 Å². The maximum absolute atomic E-state index is 10.8. The summed E-state index contributed by atoms with van der Waals surface area (Å²) in [6.07, 6.45) is 1.36. The molecule has 0 aromatic carbocycles. The van der Waals surface area contributed by atoms with Crippen LogP contribution in [0.4, 0.5) is 0 Å². The molecule has 1 fully saturated rings. The fourth-order valence-corrected chi connectivity index (χ4v) is 0.982. The summed E-state index contributed by atoms with van der Waals surface area (Å²) in [6, 6.07) is 0. The van der Waals surface area contributed by atoms with Crippen molar-refractivity contribution < 1.29 is 9.59 Å². The van der Waals surface area contributed by atoms with Gasteiger partial charge in [0, 0.05) is 6.54 Å². The average Bonchev–Trinajstić information content (AvgIpc) is 1.88. The summed E-state index contributed by atoms with van der Waals surface area (Å²) in [5.41, 5.74) is 4.94. The highest BCUT2D eigenvalue weighted by Gasteiger charge is 2.27. The lowest BCUT2D eigenvalue weighted by Gasteiger charge is -2.15. The van der Waals surface area contributed by atoms with Gasteiger partial charge in [-0.25, -0.2) is 0 Å². The first kappa shape index (κ1) is 7.05. The molecule has 0 aliphatic carbocycles. The minimum Gasteiger partial charge on any atom is -0.369 e. The van der Waals surface area contributed by atoms with Crippen LogP contribution in [-0.4, -0.2) is 18.4 Å². The third-order valence-electron chi connectivity index (χ3n) is 1.56. The van der Waals surface area contributed by atoms with Crippen LogP contribution < -0.4 is 11.1 Å². The summed E-state index contributed by atoms with van der Waals surface area (Å²) in [5, 5.41) is 3.59. The van der Waals surface area contributed by atoms with Crippen LogP contribution in [0, 0.1) is 5.92 Å². The Kier molecular flexibility index (Phi) is 1.89. The number of nitrogens with zero attached hydrogens (tertiary/aromatic N) is 1. The molecule has 1 aliphatic rings. The van der Waals surface area contributed by atoms with Gasteiger partial charge in [0.1, 0.15) is 5.92 Å². The number of primary amides is 1. The van der Waals surface area contributed by atoms with Crippen LogP contribution in [0.15, 0.2) is 0 Å². The highest BCUT2D eigenvalue weighted by molar-refractivity contribution is 5.99. The van der Waals surface area contributed by atoms with E-state index in [0.717, 1.165) is 6.42 Å². The van der Waals surface area contributed by atoms with Gasteiger partial charge in [0.25, 0.3) is 5.91 Å². The van der Waals surface area contributed by atoms with Gasteiger partial charge in [0.05, 0.1) is 0 Å². The summed E-state index contributed by atoms with van der Waals surface area (Å²) >= 11 is 0. The minimum absolute atomic E-state index is 0.348. The summed E-state index contributed by atoms with van der Waals surface area (Å²) in [4.78, 5) is 21.3. The van der Waals surface area contributed by atoms with Gasteiger partial charge in [-0.3, -0.25) is 14.9 Å². The van der Waals surface area contributed by atoms with Crippen molar-refractivity contribution in [3.05, 3.63) is 0 Å². The zero-order valence-corrected chi connectivity index (χ0v) is 5.54. The quantitative estimate of drug-likeness (QED) is 0.476. The fraction of sp³-hybridized carbons (Fsp3) is 0.667. The molecule has 4 heteroatoms. The van der Waals surface area contributed by atoms with E-state index in [-0.39, 0.29) is 5.91 Å². The summed E-state index contributed by atoms with van der Waals surface area (Å²) < 4.78 is 0. The lowest BCUT2D eigenvalue weighted by molar-refractivity contribution is -0.135. The Bertz CT molecular complexity index is 167. The Hall–Kier alpha value is -1.06. The van der Waals surface area contributed by atoms with E-state index in [9.17, 15) is 9.59 Å². The summed E-state index contributed by atoms with van der Waals surface area (Å²) in [7, 11) is 0. The number of nitrogens with two attached hydrogens (primary N) is 1. The molecule has 1 rings (SSSR count). The van der Waals surface area contributed by atoms with Gasteiger partial charge in [-0.2, -0.15) is 0 Å². The molecule has 1 aliphatic heterocycles. The average molecular weight is 141 g/mol. The molecular weight excluding hydrogens is 132 g/mol. The largest absolute Gasteiger partial charge is 0.369 e. The first-order chi connectivity index (χ1) is 4.72. The van der Waals surface area contributed by atoms with Crippen molar-refractivity contribution in [2.75, 3.05) is 6.54 Å². The van der Waals surface area contributed by atoms with Crippen LogP contribution in [0.1, 0.15) is 12.8 Å². The van der Waals surface area contributed by atoms with Crippen molar-refractivity contribution in [3.8, 4) is 0 Å². The molecule has 0 aromatic rings. The standard InChI is InChI=1S/C6H9N2O2/c7-5(9)4-2-1-3-8-6(4)10/h4H,1-3H2,(H2,7,9). The van der Waals surface area contributed by atoms with Crippen LogP contribution in [-0.2, 0) is 9.59 Å². The van der Waals surface area contributed by atoms with Gasteiger partial charge < -0.3 is 5.73 Å². The van der Waals surface area contributed by atoms with Crippen LogP contribution in [0.2, 0.25) is 0 Å². The summed E-state index contributed by atoms with van der Waals surface area (Å²) in [6.45, 7) is 0.544. The number of amides is 2. The van der Waals surface area contributed by atoms with Crippen molar-refractivity contribution in [3.63, 3.8) is 0 Å². The van der Waals surface area contributed by atoms with Gasteiger partial charge in [0.2, 0.25) is 5.91 Å². The zero-order chi connectivity index (χ0) is 7.56. The van der Waals surface area contributed by atoms with Gasteiger partial charge in [0.15, 0.2) is 0 Å². The molecule has 1 unspecified atom stereocenters. The lowest BCUT2D eigenvalue weighted by Crippen LogP contribution is -2.39. The highest BCUT2D eigenvalue weighted by Crippen LogP contribution is 2.10. The molecule has 1 heterocycles. The minimum atomic E-state index is -0.645. The number of hydrogen-bond acceptors (Lipinski definition) is 2. The Morgan fingerprint density at radius 1 is 1.70 bits per heavy atom. The monoisotopic (exact) mass is 141 g/mol. The second-order valence-electron chi connectivity index (χ2n) is 2.32. The number of carbonyl (C=O) groups is 2. The van der Waals surface area contributed by atoms with Crippen molar-refractivity contribution in [2.45, 2.75) is 12.8 Å². The van der Waals surface area contributed by atoms with E-state index in [4.69, 9.17) is 5.73 Å². The third-order valence-corrected chi connectivity index (χ3v) is 1.56. The SMILES string of the molecule is NC(=O)C1CCC[N]C1=O. The molecule has 2 N–H and O–H groups in total. The first-order valence-electron chi connectivity index (χ1n) is 3.22. The van der Waals surface area contributed by atoms with E-state index in [1.165, 1.54) is 0 Å². The molecule has 1 atom stereocenters. The predicted molar refractivity (Wildman–Crippen MR) is 33.9 cm³/mol. The lowest BCUT2D eigenvalue weighted by atomic mass is 9.98. The van der Waals surface area contributed by atoms with Crippen molar-refractivity contribution >= 4 is 11.8 Å². The van der Waals surface area contributed by atoms with Crippen LogP contribution in [0.25, 0.3) is 0 Å². The van der Waals surface area contributed by atoms with Crippen LogP contribution >= 0.6 is 0 Å². The van der Waals surface area contributed by atoms with Crippen LogP contribution in [0.3, 0.4) is 0 Å². The maximum Gasteiger partial charge on any atom is 0.253 e. The van der Waals surface area contributed by atoms with E-state index in [1.54, 1.807) is 0 Å². The Balaban J connectivity index is 2.56. The Morgan fingerprint density at radius 3 is 2.80 bits per heavy atom. The molecule has 0 aromatic heterocycles. The number of carbonyl (C=O) groups excluding carboxylic acids is 2.